The molecule has 166 valence electrons. The number of anilines is 3. The molecule has 1 aliphatic rings. The summed E-state index contributed by atoms with van der Waals surface area (Å²) in [6.45, 7) is 0. The van der Waals surface area contributed by atoms with E-state index < -0.39 is 11.8 Å². The Kier molecular flexibility index (Phi) is 6.35. The number of nitrogens with one attached hydrogen (secondary N) is 2. The number of nitrogens with zero attached hydrogens (tertiary/aromatic N) is 1. The lowest BCUT2D eigenvalue weighted by molar-refractivity contribution is -0.120. The van der Waals surface area contributed by atoms with E-state index in [-0.39, 0.29) is 16.6 Å². The van der Waals surface area contributed by atoms with Crippen LogP contribution < -0.4 is 20.3 Å². The van der Waals surface area contributed by atoms with Gasteiger partial charge < -0.3 is 15.4 Å². The Balaban J connectivity index is 1.46. The summed E-state index contributed by atoms with van der Waals surface area (Å²) in [5.41, 5.74) is 1.77. The van der Waals surface area contributed by atoms with Crippen molar-refractivity contribution in [1.82, 2.24) is 0 Å². The van der Waals surface area contributed by atoms with Gasteiger partial charge in [0, 0.05) is 22.0 Å². The minimum atomic E-state index is -0.651. The van der Waals surface area contributed by atoms with E-state index in [1.54, 1.807) is 73.8 Å². The van der Waals surface area contributed by atoms with Crippen LogP contribution in [0, 0.1) is 0 Å². The summed E-state index contributed by atoms with van der Waals surface area (Å²) < 4.78 is 5.10. The lowest BCUT2D eigenvalue weighted by atomic mass is 10.2. The molecule has 33 heavy (non-hydrogen) atoms. The first-order valence-electron chi connectivity index (χ1n) is 9.74. The van der Waals surface area contributed by atoms with E-state index in [0.29, 0.717) is 33.4 Å². The Bertz CT molecular complexity index is 1270. The average molecular weight is 482 g/mol. The number of hydrogen-bond acceptors (Lipinski definition) is 5. The molecule has 2 N–H and O–H groups in total. The maximum absolute atomic E-state index is 12.9. The zero-order valence-electron chi connectivity index (χ0n) is 17.3. The van der Waals surface area contributed by atoms with Crippen LogP contribution in [0.3, 0.4) is 0 Å². The Morgan fingerprint density at radius 2 is 1.55 bits per heavy atom. The summed E-state index contributed by atoms with van der Waals surface area (Å²) in [6, 6.07) is 19.7. The summed E-state index contributed by atoms with van der Waals surface area (Å²) >= 11 is 12.1. The van der Waals surface area contributed by atoms with Crippen molar-refractivity contribution >= 4 is 58.0 Å². The second-order valence-electron chi connectivity index (χ2n) is 7.00. The van der Waals surface area contributed by atoms with E-state index in [1.807, 2.05) is 0 Å². The Labute approximate surface area is 199 Å². The molecule has 0 atom stereocenters. The molecule has 4 rings (SSSR count). The molecule has 0 saturated carbocycles. The van der Waals surface area contributed by atoms with Crippen LogP contribution in [-0.2, 0) is 9.59 Å². The van der Waals surface area contributed by atoms with Crippen LogP contribution in [0.1, 0.15) is 10.4 Å². The Morgan fingerprint density at radius 1 is 0.879 bits per heavy atom. The highest BCUT2D eigenvalue weighted by atomic mass is 35.5. The largest absolute Gasteiger partial charge is 0.497 e. The van der Waals surface area contributed by atoms with Crippen LogP contribution in [-0.4, -0.2) is 24.8 Å². The lowest BCUT2D eigenvalue weighted by Gasteiger charge is -2.15. The molecule has 3 aromatic carbocycles. The molecular formula is C24H17Cl2N3O4. The summed E-state index contributed by atoms with van der Waals surface area (Å²) in [6.07, 6.45) is 0. The molecule has 0 spiro atoms. The van der Waals surface area contributed by atoms with Gasteiger partial charge >= 0.3 is 0 Å². The predicted octanol–water partition coefficient (Wildman–Crippen LogP) is 5.04. The Hall–Kier alpha value is -3.81. The molecule has 0 saturated heterocycles. The molecule has 0 unspecified atom stereocenters. The fourth-order valence-electron chi connectivity index (χ4n) is 3.19. The number of rotatable bonds is 6. The van der Waals surface area contributed by atoms with Crippen LogP contribution in [0.2, 0.25) is 5.02 Å². The van der Waals surface area contributed by atoms with E-state index in [4.69, 9.17) is 27.9 Å². The Morgan fingerprint density at radius 3 is 2.18 bits per heavy atom. The van der Waals surface area contributed by atoms with E-state index in [1.165, 1.54) is 6.07 Å². The molecule has 3 aromatic rings. The summed E-state index contributed by atoms with van der Waals surface area (Å²) in [5, 5.41) is 5.81. The molecule has 9 heteroatoms. The average Bonchev–Trinajstić information content (AvgIpc) is 3.03. The fourth-order valence-corrected chi connectivity index (χ4v) is 3.59. The summed E-state index contributed by atoms with van der Waals surface area (Å²) in [4.78, 5) is 38.8. The molecule has 0 bridgehead atoms. The smallest absolute Gasteiger partial charge is 0.283 e. The third-order valence-corrected chi connectivity index (χ3v) is 5.44. The quantitative estimate of drug-likeness (QED) is 0.481. The van der Waals surface area contributed by atoms with Crippen LogP contribution in [0.15, 0.2) is 83.5 Å². The van der Waals surface area contributed by atoms with Gasteiger partial charge in [-0.05, 0) is 66.7 Å². The summed E-state index contributed by atoms with van der Waals surface area (Å²) in [5.74, 6) is -0.871. The number of hydrogen-bond donors (Lipinski definition) is 2. The lowest BCUT2D eigenvalue weighted by Crippen LogP contribution is -2.32. The van der Waals surface area contributed by atoms with Crippen molar-refractivity contribution in [2.24, 2.45) is 0 Å². The number of halogens is 2. The number of amides is 3. The van der Waals surface area contributed by atoms with Gasteiger partial charge in [-0.15, -0.1) is 0 Å². The first-order valence-corrected chi connectivity index (χ1v) is 10.5. The number of carbonyl (C=O) groups is 3. The van der Waals surface area contributed by atoms with Gasteiger partial charge in [-0.25, -0.2) is 4.90 Å². The molecule has 7 nitrogen and oxygen atoms in total. The third-order valence-electron chi connectivity index (χ3n) is 4.86. The standard InChI is InChI=1S/C24H17Cl2N3O4/c1-33-19-11-9-17(10-12-19)28-22(30)14-5-7-16(8-6-14)27-21-20(26)23(31)29(24(21)32)18-4-2-3-15(25)13-18/h2-13,27H,1H3,(H,28,30). The monoisotopic (exact) mass is 481 g/mol. The molecule has 0 fully saturated rings. The van der Waals surface area contributed by atoms with Gasteiger partial charge in [0.1, 0.15) is 16.5 Å². The molecule has 1 heterocycles. The summed E-state index contributed by atoms with van der Waals surface area (Å²) in [7, 11) is 1.57. The van der Waals surface area contributed by atoms with Crippen LogP contribution in [0.4, 0.5) is 17.1 Å². The van der Waals surface area contributed by atoms with Crippen molar-refractivity contribution in [2.75, 3.05) is 22.6 Å². The van der Waals surface area contributed by atoms with Crippen LogP contribution >= 0.6 is 23.2 Å². The zero-order valence-corrected chi connectivity index (χ0v) is 18.8. The first kappa shape index (κ1) is 22.4. The van der Waals surface area contributed by atoms with Gasteiger partial charge in [-0.3, -0.25) is 14.4 Å². The van der Waals surface area contributed by atoms with Crippen molar-refractivity contribution in [3.05, 3.63) is 94.1 Å². The van der Waals surface area contributed by atoms with Gasteiger partial charge in [-0.1, -0.05) is 29.3 Å². The zero-order chi connectivity index (χ0) is 23.5. The molecule has 0 aromatic heterocycles. The highest BCUT2D eigenvalue weighted by Crippen LogP contribution is 2.31. The number of imide groups is 1. The van der Waals surface area contributed by atoms with Gasteiger partial charge in [0.2, 0.25) is 0 Å². The molecule has 1 aliphatic heterocycles. The molecule has 0 aliphatic carbocycles. The van der Waals surface area contributed by atoms with Gasteiger partial charge in [0.05, 0.1) is 12.8 Å². The van der Waals surface area contributed by atoms with Gasteiger partial charge in [0.15, 0.2) is 0 Å². The number of ether oxygens (including phenoxy) is 1. The SMILES string of the molecule is COc1ccc(NC(=O)c2ccc(NC3=C(Cl)C(=O)N(c4cccc(Cl)c4)C3=O)cc2)cc1. The number of carbonyl (C=O) groups excluding carboxylic acids is 3. The minimum absolute atomic E-state index is 0.0583. The molecule has 3 amide bonds. The van der Waals surface area contributed by atoms with E-state index in [9.17, 15) is 14.4 Å². The second-order valence-corrected chi connectivity index (χ2v) is 7.81. The maximum Gasteiger partial charge on any atom is 0.283 e. The van der Waals surface area contributed by atoms with Crippen molar-refractivity contribution in [2.45, 2.75) is 0 Å². The predicted molar refractivity (Wildman–Crippen MR) is 128 cm³/mol. The normalized spacial score (nSPS) is 13.4. The fraction of sp³-hybridized carbons (Fsp3) is 0.0417. The topological polar surface area (TPSA) is 87.7 Å². The van der Waals surface area contributed by atoms with Crippen LogP contribution in [0.5, 0.6) is 5.75 Å². The van der Waals surface area contributed by atoms with Crippen molar-refractivity contribution in [3.63, 3.8) is 0 Å². The van der Waals surface area contributed by atoms with Crippen molar-refractivity contribution < 1.29 is 19.1 Å². The molecular weight excluding hydrogens is 465 g/mol. The van der Waals surface area contributed by atoms with Crippen molar-refractivity contribution in [3.8, 4) is 5.75 Å². The third kappa shape index (κ3) is 4.69. The minimum Gasteiger partial charge on any atom is -0.497 e. The maximum atomic E-state index is 12.9. The second kappa shape index (κ2) is 9.36. The van der Waals surface area contributed by atoms with Crippen LogP contribution in [0.25, 0.3) is 0 Å². The van der Waals surface area contributed by atoms with E-state index in [0.717, 1.165) is 4.90 Å². The van der Waals surface area contributed by atoms with E-state index >= 15 is 0 Å². The first-order chi connectivity index (χ1) is 15.9. The van der Waals surface area contributed by atoms with Gasteiger partial charge in [-0.2, -0.15) is 0 Å². The highest BCUT2D eigenvalue weighted by molar-refractivity contribution is 6.53. The van der Waals surface area contributed by atoms with E-state index in [2.05, 4.69) is 10.6 Å². The van der Waals surface area contributed by atoms with Gasteiger partial charge in [0.25, 0.3) is 17.7 Å². The van der Waals surface area contributed by atoms with Crippen molar-refractivity contribution in [1.29, 1.82) is 0 Å². The highest BCUT2D eigenvalue weighted by Gasteiger charge is 2.39. The molecule has 0 radical (unpaired) electrons. The number of benzene rings is 3. The number of methoxy groups -OCH3 is 1.